The highest BCUT2D eigenvalue weighted by Gasteiger charge is 2.23. The zero-order valence-corrected chi connectivity index (χ0v) is 18.0. The van der Waals surface area contributed by atoms with E-state index < -0.39 is 0 Å². The number of aromatic nitrogens is 4. The molecule has 4 heterocycles. The van der Waals surface area contributed by atoms with Crippen molar-refractivity contribution < 1.29 is 4.79 Å². The first kappa shape index (κ1) is 20.5. The van der Waals surface area contributed by atoms with E-state index in [1.54, 1.807) is 17.1 Å². The van der Waals surface area contributed by atoms with E-state index in [1.165, 1.54) is 0 Å². The number of hydrogen-bond donors (Lipinski definition) is 1. The molecule has 1 atom stereocenters. The smallest absolute Gasteiger partial charge is 0.228 e. The number of anilines is 1. The van der Waals surface area contributed by atoms with Crippen LogP contribution in [0.25, 0.3) is 22.2 Å². The Labute approximate surface area is 177 Å². The lowest BCUT2D eigenvalue weighted by molar-refractivity contribution is -0.120. The molecule has 1 fully saturated rings. The molecule has 0 spiro atoms. The Morgan fingerprint density at radius 1 is 1.23 bits per heavy atom. The number of pyridine rings is 2. The first-order chi connectivity index (χ1) is 14.5. The number of likely N-dealkylation sites (tertiary alicyclic amines) is 1. The molecular weight excluding hydrogens is 376 g/mol. The van der Waals surface area contributed by atoms with Crippen LogP contribution in [0.3, 0.4) is 0 Å². The molecule has 3 aromatic heterocycles. The number of fused-ring (bicyclic) bond motifs is 1. The quantitative estimate of drug-likeness (QED) is 0.699. The fourth-order valence-electron chi connectivity index (χ4n) is 4.14. The van der Waals surface area contributed by atoms with Gasteiger partial charge in [0, 0.05) is 48.9 Å². The third-order valence-electron chi connectivity index (χ3n) is 5.64. The van der Waals surface area contributed by atoms with E-state index in [1.807, 2.05) is 31.4 Å². The van der Waals surface area contributed by atoms with Crippen LogP contribution in [0, 0.1) is 11.8 Å². The summed E-state index contributed by atoms with van der Waals surface area (Å²) in [4.78, 5) is 24.5. The Bertz CT molecular complexity index is 1030. The minimum Gasteiger partial charge on any atom is -0.310 e. The third-order valence-corrected chi connectivity index (χ3v) is 5.64. The summed E-state index contributed by atoms with van der Waals surface area (Å²) in [6.07, 6.45) is 8.39. The summed E-state index contributed by atoms with van der Waals surface area (Å²) in [5.74, 6) is 1.32. The van der Waals surface area contributed by atoms with Crippen LogP contribution < -0.4 is 5.32 Å². The van der Waals surface area contributed by atoms with Crippen LogP contribution in [0.15, 0.2) is 36.8 Å². The van der Waals surface area contributed by atoms with E-state index in [0.717, 1.165) is 61.1 Å². The number of amides is 1. The number of rotatable bonds is 5. The summed E-state index contributed by atoms with van der Waals surface area (Å²) >= 11 is 0. The van der Waals surface area contributed by atoms with Gasteiger partial charge in [0.05, 0.1) is 17.4 Å². The summed E-state index contributed by atoms with van der Waals surface area (Å²) < 4.78 is 1.76. The van der Waals surface area contributed by atoms with Crippen LogP contribution >= 0.6 is 0 Å². The predicted octanol–water partition coefficient (Wildman–Crippen LogP) is 3.73. The lowest BCUT2D eigenvalue weighted by Gasteiger charge is -2.22. The molecule has 0 bridgehead atoms. The third kappa shape index (κ3) is 4.84. The molecule has 0 aromatic carbocycles. The second-order valence-electron chi connectivity index (χ2n) is 8.67. The van der Waals surface area contributed by atoms with Crippen molar-refractivity contribution in [1.29, 1.82) is 0 Å². The van der Waals surface area contributed by atoms with Crippen LogP contribution in [0.2, 0.25) is 0 Å². The second-order valence-corrected chi connectivity index (χ2v) is 8.67. The van der Waals surface area contributed by atoms with Gasteiger partial charge < -0.3 is 10.2 Å². The summed E-state index contributed by atoms with van der Waals surface area (Å²) in [5.41, 5.74) is 2.63. The van der Waals surface area contributed by atoms with Gasteiger partial charge in [-0.2, -0.15) is 5.10 Å². The fraction of sp³-hybridized carbons (Fsp3) is 0.478. The average Bonchev–Trinajstić information content (AvgIpc) is 3.01. The molecule has 1 unspecified atom stereocenters. The maximum Gasteiger partial charge on any atom is 0.228 e. The van der Waals surface area contributed by atoms with Crippen molar-refractivity contribution in [2.45, 2.75) is 33.1 Å². The van der Waals surface area contributed by atoms with Crippen molar-refractivity contribution in [3.05, 3.63) is 36.8 Å². The molecular formula is C23H30N6O. The molecule has 1 aliphatic heterocycles. The zero-order valence-electron chi connectivity index (χ0n) is 18.0. The number of hydrogen-bond acceptors (Lipinski definition) is 5. The highest BCUT2D eigenvalue weighted by atomic mass is 16.1. The van der Waals surface area contributed by atoms with Crippen molar-refractivity contribution >= 4 is 22.6 Å². The predicted molar refractivity (Wildman–Crippen MR) is 119 cm³/mol. The van der Waals surface area contributed by atoms with Crippen LogP contribution in [-0.4, -0.2) is 50.2 Å². The molecule has 1 amide bonds. The fourth-order valence-corrected chi connectivity index (χ4v) is 4.14. The van der Waals surface area contributed by atoms with Gasteiger partial charge in [-0.3, -0.25) is 9.48 Å². The van der Waals surface area contributed by atoms with E-state index in [4.69, 9.17) is 4.98 Å². The monoisotopic (exact) mass is 406 g/mol. The SMILES string of the molecule is CC(C)CN1CCCC(C(=O)Nc2cc3nc(-c4cnn(C)c4)ccc3cn2)CC1. The molecule has 30 heavy (non-hydrogen) atoms. The van der Waals surface area contributed by atoms with Gasteiger partial charge in [-0.1, -0.05) is 13.8 Å². The molecule has 0 saturated carbocycles. The minimum atomic E-state index is 0.0364. The van der Waals surface area contributed by atoms with Crippen molar-refractivity contribution in [3.8, 4) is 11.3 Å². The second kappa shape index (κ2) is 8.92. The summed E-state index contributed by atoms with van der Waals surface area (Å²) in [6.45, 7) is 7.66. The molecule has 3 aromatic rings. The van der Waals surface area contributed by atoms with Crippen LogP contribution in [0.4, 0.5) is 5.82 Å². The average molecular weight is 407 g/mol. The van der Waals surface area contributed by atoms with Crippen molar-refractivity contribution in [3.63, 3.8) is 0 Å². The van der Waals surface area contributed by atoms with Gasteiger partial charge in [-0.15, -0.1) is 0 Å². The molecule has 158 valence electrons. The first-order valence-corrected chi connectivity index (χ1v) is 10.8. The molecule has 7 heteroatoms. The van der Waals surface area contributed by atoms with Gasteiger partial charge in [0.25, 0.3) is 0 Å². The van der Waals surface area contributed by atoms with Gasteiger partial charge >= 0.3 is 0 Å². The number of aryl methyl sites for hydroxylation is 1. The molecule has 0 aliphatic carbocycles. The topological polar surface area (TPSA) is 75.9 Å². The van der Waals surface area contributed by atoms with E-state index >= 15 is 0 Å². The van der Waals surface area contributed by atoms with Gasteiger partial charge in [0.2, 0.25) is 5.91 Å². The zero-order chi connectivity index (χ0) is 21.1. The molecule has 1 saturated heterocycles. The Morgan fingerprint density at radius 3 is 2.87 bits per heavy atom. The molecule has 0 radical (unpaired) electrons. The Kier molecular flexibility index (Phi) is 6.08. The number of nitrogens with zero attached hydrogens (tertiary/aromatic N) is 5. The Morgan fingerprint density at radius 2 is 2.10 bits per heavy atom. The van der Waals surface area contributed by atoms with Crippen LogP contribution in [0.5, 0.6) is 0 Å². The van der Waals surface area contributed by atoms with Gasteiger partial charge in [-0.05, 0) is 50.4 Å². The van der Waals surface area contributed by atoms with E-state index in [-0.39, 0.29) is 11.8 Å². The van der Waals surface area contributed by atoms with E-state index in [0.29, 0.717) is 11.7 Å². The highest BCUT2D eigenvalue weighted by Crippen LogP contribution is 2.23. The minimum absolute atomic E-state index is 0.0364. The standard InChI is InChI=1S/C23H30N6O/c1-16(2)14-29-9-4-5-17(8-10-29)23(30)27-22-11-21-18(12-24-22)6-7-20(26-21)19-13-25-28(3)15-19/h6-7,11-13,15-17H,4-5,8-10,14H2,1-3H3,(H,24,27,30). The van der Waals surface area contributed by atoms with Crippen molar-refractivity contribution in [2.24, 2.45) is 18.9 Å². The highest BCUT2D eigenvalue weighted by molar-refractivity contribution is 5.93. The van der Waals surface area contributed by atoms with Gasteiger partial charge in [0.15, 0.2) is 0 Å². The maximum atomic E-state index is 12.9. The maximum absolute atomic E-state index is 12.9. The van der Waals surface area contributed by atoms with Crippen LogP contribution in [-0.2, 0) is 11.8 Å². The Balaban J connectivity index is 1.46. The number of carbonyl (C=O) groups is 1. The van der Waals surface area contributed by atoms with E-state index in [2.05, 4.69) is 34.1 Å². The summed E-state index contributed by atoms with van der Waals surface area (Å²) in [6, 6.07) is 5.82. The molecule has 7 nitrogen and oxygen atoms in total. The largest absolute Gasteiger partial charge is 0.310 e. The number of carbonyl (C=O) groups excluding carboxylic acids is 1. The van der Waals surface area contributed by atoms with E-state index in [9.17, 15) is 4.79 Å². The van der Waals surface area contributed by atoms with Crippen molar-refractivity contribution in [2.75, 3.05) is 25.0 Å². The first-order valence-electron chi connectivity index (χ1n) is 10.8. The van der Waals surface area contributed by atoms with Crippen molar-refractivity contribution in [1.82, 2.24) is 24.6 Å². The lowest BCUT2D eigenvalue weighted by atomic mass is 10.00. The molecule has 4 rings (SSSR count). The summed E-state index contributed by atoms with van der Waals surface area (Å²) in [5, 5.41) is 8.18. The van der Waals surface area contributed by atoms with Crippen LogP contribution in [0.1, 0.15) is 33.1 Å². The molecule has 1 N–H and O–H groups in total. The Hall–Kier alpha value is -2.80. The number of nitrogens with one attached hydrogen (secondary N) is 1. The van der Waals surface area contributed by atoms with Gasteiger partial charge in [0.1, 0.15) is 5.82 Å². The lowest BCUT2D eigenvalue weighted by Crippen LogP contribution is -2.29. The normalized spacial score (nSPS) is 17.9. The summed E-state index contributed by atoms with van der Waals surface area (Å²) in [7, 11) is 1.89. The molecule has 1 aliphatic rings. The van der Waals surface area contributed by atoms with Gasteiger partial charge in [-0.25, -0.2) is 9.97 Å².